The number of fused-ring (bicyclic) bond motifs is 1. The van der Waals surface area contributed by atoms with Crippen LogP contribution in [0.3, 0.4) is 0 Å². The van der Waals surface area contributed by atoms with E-state index in [-0.39, 0.29) is 0 Å². The van der Waals surface area contributed by atoms with Gasteiger partial charge in [0.25, 0.3) is 0 Å². The molecule has 0 unspecified atom stereocenters. The van der Waals surface area contributed by atoms with Gasteiger partial charge in [0.15, 0.2) is 0 Å². The molecule has 0 aliphatic heterocycles. The molecule has 2 atom stereocenters. The molecule has 2 nitrogen and oxygen atoms in total. The molecule has 0 aromatic heterocycles. The van der Waals surface area contributed by atoms with E-state index in [0.29, 0.717) is 11.3 Å². The van der Waals surface area contributed by atoms with Crippen molar-refractivity contribution in [3.63, 3.8) is 0 Å². The third-order valence-corrected chi connectivity index (χ3v) is 5.45. The molecule has 2 heteroatoms. The van der Waals surface area contributed by atoms with Gasteiger partial charge in [-0.1, -0.05) is 25.8 Å². The second kappa shape index (κ2) is 5.23. The molecule has 0 saturated heterocycles. The Hall–Kier alpha value is -1.31. The molecule has 20 heavy (non-hydrogen) atoms. The van der Waals surface area contributed by atoms with Gasteiger partial charge in [0.05, 0.1) is 7.11 Å². The van der Waals surface area contributed by atoms with Crippen LogP contribution < -0.4 is 4.74 Å². The summed E-state index contributed by atoms with van der Waals surface area (Å²) in [5.74, 6) is 1.68. The van der Waals surface area contributed by atoms with Crippen molar-refractivity contribution in [2.24, 2.45) is 10.9 Å². The highest BCUT2D eigenvalue weighted by Crippen LogP contribution is 2.56. The zero-order valence-corrected chi connectivity index (χ0v) is 12.9. The van der Waals surface area contributed by atoms with Gasteiger partial charge in [0, 0.05) is 24.1 Å². The zero-order valence-electron chi connectivity index (χ0n) is 12.9. The summed E-state index contributed by atoms with van der Waals surface area (Å²) < 4.78 is 5.47. The topological polar surface area (TPSA) is 21.6 Å². The highest BCUT2D eigenvalue weighted by atomic mass is 16.5. The Kier molecular flexibility index (Phi) is 3.57. The molecule has 0 amide bonds. The number of hydrogen-bond acceptors (Lipinski definition) is 2. The Morgan fingerprint density at radius 2 is 2.20 bits per heavy atom. The van der Waals surface area contributed by atoms with Crippen molar-refractivity contribution in [2.75, 3.05) is 14.2 Å². The number of aryl methyl sites for hydroxylation is 1. The number of rotatable bonds is 3. The molecule has 2 aliphatic carbocycles. The van der Waals surface area contributed by atoms with Crippen LogP contribution in [0.5, 0.6) is 5.75 Å². The second-order valence-corrected chi connectivity index (χ2v) is 6.22. The van der Waals surface area contributed by atoms with E-state index in [0.717, 1.165) is 18.6 Å². The van der Waals surface area contributed by atoms with Crippen LogP contribution in [-0.4, -0.2) is 19.9 Å². The highest BCUT2D eigenvalue weighted by Gasteiger charge is 2.53. The summed E-state index contributed by atoms with van der Waals surface area (Å²) in [6.45, 7) is 2.26. The fourth-order valence-corrected chi connectivity index (χ4v) is 4.36. The van der Waals surface area contributed by atoms with Gasteiger partial charge in [-0.3, -0.25) is 4.99 Å². The van der Waals surface area contributed by atoms with E-state index in [1.165, 1.54) is 42.5 Å². The van der Waals surface area contributed by atoms with Crippen molar-refractivity contribution in [1.82, 2.24) is 0 Å². The molecule has 3 rings (SSSR count). The fourth-order valence-electron chi connectivity index (χ4n) is 4.36. The van der Waals surface area contributed by atoms with E-state index in [1.54, 1.807) is 7.11 Å². The number of benzene rings is 1. The highest BCUT2D eigenvalue weighted by molar-refractivity contribution is 5.96. The maximum atomic E-state index is 5.47. The number of aliphatic imine (C=N–C) groups is 1. The molecule has 108 valence electrons. The molecule has 0 heterocycles. The molecule has 2 fully saturated rings. The van der Waals surface area contributed by atoms with Crippen LogP contribution in [0.4, 0.5) is 0 Å². The van der Waals surface area contributed by atoms with E-state index < -0.39 is 0 Å². The van der Waals surface area contributed by atoms with Crippen molar-refractivity contribution in [3.05, 3.63) is 29.3 Å². The Bertz CT molecular complexity index is 534. The standard InChI is InChI=1S/C18H25NO/c1-4-13-8-9-14(20-3)11-16(13)18-10-6-5-7-15(18)17(12-18)19-2/h8-9,11,15H,4-7,10,12H2,1-3H3/t15-,18+/m1/s1. The largest absolute Gasteiger partial charge is 0.497 e. The van der Waals surface area contributed by atoms with E-state index in [9.17, 15) is 0 Å². The van der Waals surface area contributed by atoms with Crippen molar-refractivity contribution in [3.8, 4) is 5.75 Å². The summed E-state index contributed by atoms with van der Waals surface area (Å²) in [5.41, 5.74) is 4.83. The summed E-state index contributed by atoms with van der Waals surface area (Å²) in [5, 5.41) is 0. The first-order chi connectivity index (χ1) is 9.75. The average molecular weight is 271 g/mol. The predicted octanol–water partition coefficient (Wildman–Crippen LogP) is 4.16. The predicted molar refractivity (Wildman–Crippen MR) is 84.0 cm³/mol. The van der Waals surface area contributed by atoms with Crippen molar-refractivity contribution < 1.29 is 4.74 Å². The normalized spacial score (nSPS) is 30.8. The SMILES string of the molecule is CCc1ccc(OC)cc1[C@]12CCCC[C@@H]1C(=NC)C2. The van der Waals surface area contributed by atoms with Crippen LogP contribution in [0.25, 0.3) is 0 Å². The lowest BCUT2D eigenvalue weighted by Crippen LogP contribution is -2.54. The zero-order chi connectivity index (χ0) is 14.2. The lowest BCUT2D eigenvalue weighted by molar-refractivity contribution is 0.194. The first kappa shape index (κ1) is 13.7. The van der Waals surface area contributed by atoms with Crippen LogP contribution in [0.15, 0.2) is 23.2 Å². The Morgan fingerprint density at radius 3 is 2.90 bits per heavy atom. The Morgan fingerprint density at radius 1 is 1.35 bits per heavy atom. The Labute approximate surface area is 122 Å². The molecule has 1 aromatic rings. The van der Waals surface area contributed by atoms with Gasteiger partial charge in [-0.25, -0.2) is 0 Å². The molecule has 0 N–H and O–H groups in total. The van der Waals surface area contributed by atoms with Gasteiger partial charge in [-0.2, -0.15) is 0 Å². The van der Waals surface area contributed by atoms with Gasteiger partial charge < -0.3 is 4.74 Å². The minimum atomic E-state index is 0.354. The lowest BCUT2D eigenvalue weighted by atomic mass is 9.49. The van der Waals surface area contributed by atoms with Crippen LogP contribution >= 0.6 is 0 Å². The van der Waals surface area contributed by atoms with E-state index in [4.69, 9.17) is 4.74 Å². The van der Waals surface area contributed by atoms with Gasteiger partial charge >= 0.3 is 0 Å². The molecule has 0 bridgehead atoms. The minimum absolute atomic E-state index is 0.354. The maximum absolute atomic E-state index is 5.47. The third kappa shape index (κ3) is 1.88. The second-order valence-electron chi connectivity index (χ2n) is 6.22. The molecular weight excluding hydrogens is 246 g/mol. The smallest absolute Gasteiger partial charge is 0.119 e. The number of nitrogens with zero attached hydrogens (tertiary/aromatic N) is 1. The Balaban J connectivity index is 2.06. The van der Waals surface area contributed by atoms with Gasteiger partial charge in [-0.15, -0.1) is 0 Å². The molecule has 0 radical (unpaired) electrons. The maximum Gasteiger partial charge on any atom is 0.119 e. The molecular formula is C18H25NO. The summed E-state index contributed by atoms with van der Waals surface area (Å²) in [7, 11) is 3.72. The third-order valence-electron chi connectivity index (χ3n) is 5.45. The summed E-state index contributed by atoms with van der Waals surface area (Å²) in [4.78, 5) is 4.53. The average Bonchev–Trinajstić information content (AvgIpc) is 2.48. The van der Waals surface area contributed by atoms with Crippen LogP contribution in [-0.2, 0) is 11.8 Å². The molecule has 1 aromatic carbocycles. The van der Waals surface area contributed by atoms with Crippen molar-refractivity contribution >= 4 is 5.71 Å². The molecule has 2 aliphatic rings. The van der Waals surface area contributed by atoms with Crippen LogP contribution in [0.2, 0.25) is 0 Å². The first-order valence-corrected chi connectivity index (χ1v) is 7.88. The van der Waals surface area contributed by atoms with E-state index >= 15 is 0 Å². The van der Waals surface area contributed by atoms with Gasteiger partial charge in [0.1, 0.15) is 5.75 Å². The van der Waals surface area contributed by atoms with Crippen molar-refractivity contribution in [2.45, 2.75) is 50.9 Å². The molecule has 0 spiro atoms. The monoisotopic (exact) mass is 271 g/mol. The van der Waals surface area contributed by atoms with Crippen LogP contribution in [0, 0.1) is 5.92 Å². The summed E-state index contributed by atoms with van der Waals surface area (Å²) in [6.07, 6.45) is 7.61. The van der Waals surface area contributed by atoms with Crippen LogP contribution in [0.1, 0.15) is 50.2 Å². The summed E-state index contributed by atoms with van der Waals surface area (Å²) >= 11 is 0. The lowest BCUT2D eigenvalue weighted by Gasteiger charge is -2.55. The van der Waals surface area contributed by atoms with E-state index in [1.807, 2.05) is 7.05 Å². The fraction of sp³-hybridized carbons (Fsp3) is 0.611. The number of methoxy groups -OCH3 is 1. The van der Waals surface area contributed by atoms with Gasteiger partial charge in [-0.05, 0) is 48.9 Å². The number of hydrogen-bond donors (Lipinski definition) is 0. The molecule has 2 saturated carbocycles. The van der Waals surface area contributed by atoms with Crippen molar-refractivity contribution in [1.29, 1.82) is 0 Å². The minimum Gasteiger partial charge on any atom is -0.497 e. The quantitative estimate of drug-likeness (QED) is 0.809. The first-order valence-electron chi connectivity index (χ1n) is 7.88. The summed E-state index contributed by atoms with van der Waals surface area (Å²) in [6, 6.07) is 6.66. The van der Waals surface area contributed by atoms with E-state index in [2.05, 4.69) is 30.1 Å². The number of ether oxygens (including phenoxy) is 1. The van der Waals surface area contributed by atoms with Gasteiger partial charge in [0.2, 0.25) is 0 Å².